The minimum atomic E-state index is -2.87. The first-order valence-corrected chi connectivity index (χ1v) is 13.9. The summed E-state index contributed by atoms with van der Waals surface area (Å²) < 4.78 is 41.4. The van der Waals surface area contributed by atoms with Gasteiger partial charge in [-0.05, 0) is 68.0 Å². The molecule has 1 amide bonds. The minimum absolute atomic E-state index is 0.000621. The molecule has 1 N–H and O–H groups in total. The lowest BCUT2D eigenvalue weighted by atomic mass is 9.74. The number of fused-ring (bicyclic) bond motifs is 1. The Balaban J connectivity index is 1.26. The van der Waals surface area contributed by atoms with Crippen molar-refractivity contribution in [2.75, 3.05) is 7.11 Å². The van der Waals surface area contributed by atoms with Crippen LogP contribution in [0.1, 0.15) is 61.3 Å². The van der Waals surface area contributed by atoms with Crippen LogP contribution in [0, 0.1) is 24.7 Å². The summed E-state index contributed by atoms with van der Waals surface area (Å²) in [4.78, 5) is 31.0. The van der Waals surface area contributed by atoms with Crippen LogP contribution in [0.2, 0.25) is 0 Å². The smallest absolute Gasteiger partial charge is 0.287 e. The molecule has 216 valence electrons. The largest absolute Gasteiger partial charge is 0.494 e. The fourth-order valence-electron chi connectivity index (χ4n) is 5.69. The second-order valence-electron chi connectivity index (χ2n) is 11.4. The van der Waals surface area contributed by atoms with Gasteiger partial charge in [0.15, 0.2) is 11.5 Å². The van der Waals surface area contributed by atoms with Crippen LogP contribution in [0.5, 0.6) is 5.75 Å². The molecular weight excluding hydrogens is 542 g/mol. The zero-order valence-corrected chi connectivity index (χ0v) is 23.4. The molecule has 0 aliphatic heterocycles. The monoisotopic (exact) mass is 572 g/mol. The van der Waals surface area contributed by atoms with Crippen molar-refractivity contribution in [1.29, 1.82) is 0 Å². The van der Waals surface area contributed by atoms with E-state index in [1.54, 1.807) is 17.9 Å². The Morgan fingerprint density at radius 3 is 2.43 bits per heavy atom. The van der Waals surface area contributed by atoms with Gasteiger partial charge in [0.05, 0.1) is 12.6 Å². The predicted octanol–water partition coefficient (Wildman–Crippen LogP) is 6.05. The third-order valence-electron chi connectivity index (χ3n) is 8.58. The second-order valence-corrected chi connectivity index (χ2v) is 11.4. The van der Waals surface area contributed by atoms with E-state index in [0.717, 1.165) is 35.5 Å². The Kier molecular flexibility index (Phi) is 6.64. The number of ketones is 1. The molecule has 2 aliphatic rings. The third-order valence-corrected chi connectivity index (χ3v) is 8.58. The van der Waals surface area contributed by atoms with Crippen molar-refractivity contribution in [1.82, 2.24) is 20.1 Å². The van der Waals surface area contributed by atoms with Gasteiger partial charge in [-0.3, -0.25) is 9.59 Å². The van der Waals surface area contributed by atoms with Gasteiger partial charge < -0.3 is 14.5 Å². The number of ether oxygens (including phenoxy) is 1. The molecule has 2 fully saturated rings. The number of hydrogen-bond acceptors (Lipinski definition) is 6. The van der Waals surface area contributed by atoms with Crippen LogP contribution in [-0.4, -0.2) is 45.0 Å². The molecule has 2 saturated carbocycles. The number of furan rings is 1. The molecule has 10 heteroatoms. The molecule has 6 rings (SSSR count). The van der Waals surface area contributed by atoms with E-state index in [-0.39, 0.29) is 30.8 Å². The zero-order chi connectivity index (χ0) is 29.7. The van der Waals surface area contributed by atoms with E-state index in [4.69, 9.17) is 15.6 Å². The van der Waals surface area contributed by atoms with Crippen LogP contribution in [0.3, 0.4) is 0 Å². The summed E-state index contributed by atoms with van der Waals surface area (Å²) >= 11 is 0. The highest BCUT2D eigenvalue weighted by Crippen LogP contribution is 2.50. The zero-order valence-electron chi connectivity index (χ0n) is 23.4. The highest BCUT2D eigenvalue weighted by atomic mass is 19.3. The lowest BCUT2D eigenvalue weighted by Crippen LogP contribution is -2.58. The predicted molar refractivity (Wildman–Crippen MR) is 152 cm³/mol. The SMILES string of the molecule is C#CC1(CC(=O)C2(NC(=O)c3cc4ccc(-c5ccc(-n6ncnc6C)c(OC)c5)cc4o3)CCC(F)(F)CC2)CC1. The fraction of sp³-hybridized carbons (Fsp3) is 0.375. The van der Waals surface area contributed by atoms with Crippen LogP contribution in [0.4, 0.5) is 8.78 Å². The average molecular weight is 573 g/mol. The molecule has 0 saturated heterocycles. The summed E-state index contributed by atoms with van der Waals surface area (Å²) in [6.07, 6.45) is 7.35. The Bertz CT molecular complexity index is 1730. The number of nitrogens with zero attached hydrogens (tertiary/aromatic N) is 3. The maximum Gasteiger partial charge on any atom is 0.287 e. The van der Waals surface area contributed by atoms with Crippen LogP contribution in [0.15, 0.2) is 53.2 Å². The number of alkyl halides is 2. The van der Waals surface area contributed by atoms with Crippen molar-refractivity contribution in [2.45, 2.75) is 63.3 Å². The topological polar surface area (TPSA) is 99.2 Å². The minimum Gasteiger partial charge on any atom is -0.494 e. The van der Waals surface area contributed by atoms with Crippen LogP contribution >= 0.6 is 0 Å². The standard InChI is InChI=1S/C32H30F2N4O4/c1-4-30(9-10-30)18-28(39)31(11-13-32(33,34)14-12-31)37-29(40)27-17-23-6-5-21(15-25(23)42-27)22-7-8-24(26(16-22)41-3)38-20(2)35-19-36-38/h1,5-8,15-17,19H,9-14,18H2,2-3H3,(H,37,40). The molecule has 42 heavy (non-hydrogen) atoms. The van der Waals surface area contributed by atoms with Crippen molar-refractivity contribution in [3.63, 3.8) is 0 Å². The van der Waals surface area contributed by atoms with Crippen molar-refractivity contribution < 1.29 is 27.5 Å². The molecule has 0 atom stereocenters. The molecule has 2 heterocycles. The maximum atomic E-state index is 14.1. The molecule has 0 unspecified atom stereocenters. The molecule has 2 aromatic carbocycles. The van der Waals surface area contributed by atoms with Gasteiger partial charge in [-0.15, -0.1) is 6.42 Å². The molecule has 8 nitrogen and oxygen atoms in total. The van der Waals surface area contributed by atoms with E-state index in [2.05, 4.69) is 21.3 Å². The van der Waals surface area contributed by atoms with Gasteiger partial charge >= 0.3 is 0 Å². The van der Waals surface area contributed by atoms with Crippen LogP contribution in [-0.2, 0) is 4.79 Å². The first-order valence-electron chi connectivity index (χ1n) is 13.9. The van der Waals surface area contributed by atoms with Gasteiger partial charge in [0, 0.05) is 30.1 Å². The molecular formula is C32H30F2N4O4. The summed E-state index contributed by atoms with van der Waals surface area (Å²) in [5, 5.41) is 7.73. The molecule has 0 radical (unpaired) electrons. The highest BCUT2D eigenvalue weighted by Gasteiger charge is 2.52. The number of methoxy groups -OCH3 is 1. The van der Waals surface area contributed by atoms with E-state index < -0.39 is 35.6 Å². The first kappa shape index (κ1) is 27.6. The quantitative estimate of drug-likeness (QED) is 0.258. The van der Waals surface area contributed by atoms with Crippen molar-refractivity contribution >= 4 is 22.7 Å². The highest BCUT2D eigenvalue weighted by molar-refractivity contribution is 6.01. The number of halogens is 2. The van der Waals surface area contributed by atoms with E-state index in [9.17, 15) is 18.4 Å². The molecule has 0 spiro atoms. The second kappa shape index (κ2) is 10.1. The summed E-state index contributed by atoms with van der Waals surface area (Å²) in [5.74, 6) is 0.220. The normalized spacial score (nSPS) is 18.3. The van der Waals surface area contributed by atoms with E-state index in [1.807, 2.05) is 43.3 Å². The van der Waals surface area contributed by atoms with Crippen molar-refractivity contribution in [3.8, 4) is 34.9 Å². The number of aromatic nitrogens is 3. The Labute approximate surface area is 241 Å². The number of Topliss-reactive ketones (excluding diaryl/α,β-unsaturated/α-hetero) is 1. The number of hydrogen-bond donors (Lipinski definition) is 1. The number of carbonyl (C=O) groups is 2. The summed E-state index contributed by atoms with van der Waals surface area (Å²) in [6.45, 7) is 1.85. The Morgan fingerprint density at radius 2 is 1.79 bits per heavy atom. The summed E-state index contributed by atoms with van der Waals surface area (Å²) in [7, 11) is 1.58. The van der Waals surface area contributed by atoms with Crippen molar-refractivity contribution in [3.05, 3.63) is 60.4 Å². The molecule has 0 bridgehead atoms. The third kappa shape index (κ3) is 5.04. The number of terminal acetylenes is 1. The first-order chi connectivity index (χ1) is 20.1. The van der Waals surface area contributed by atoms with Crippen LogP contribution < -0.4 is 10.1 Å². The van der Waals surface area contributed by atoms with Gasteiger partial charge in [0.1, 0.15) is 29.2 Å². The van der Waals surface area contributed by atoms with Gasteiger partial charge in [-0.25, -0.2) is 18.4 Å². The number of benzene rings is 2. The van der Waals surface area contributed by atoms with Gasteiger partial charge in [-0.1, -0.05) is 24.1 Å². The lowest BCUT2D eigenvalue weighted by molar-refractivity contribution is -0.131. The summed E-state index contributed by atoms with van der Waals surface area (Å²) in [6, 6.07) is 12.8. The lowest BCUT2D eigenvalue weighted by Gasteiger charge is -2.39. The number of rotatable bonds is 8. The number of nitrogens with one attached hydrogen (secondary N) is 1. The molecule has 2 aliphatic carbocycles. The van der Waals surface area contributed by atoms with Crippen LogP contribution in [0.25, 0.3) is 27.8 Å². The number of amides is 1. The number of aryl methyl sites for hydroxylation is 1. The van der Waals surface area contributed by atoms with Gasteiger partial charge in [-0.2, -0.15) is 5.10 Å². The van der Waals surface area contributed by atoms with E-state index in [1.165, 1.54) is 6.33 Å². The summed E-state index contributed by atoms with van der Waals surface area (Å²) in [5.41, 5.74) is 0.957. The average Bonchev–Trinajstić information content (AvgIpc) is 3.40. The van der Waals surface area contributed by atoms with Gasteiger partial charge in [0.25, 0.3) is 5.91 Å². The molecule has 2 aromatic heterocycles. The van der Waals surface area contributed by atoms with E-state index >= 15 is 0 Å². The number of carbonyl (C=O) groups excluding carboxylic acids is 2. The maximum absolute atomic E-state index is 14.1. The fourth-order valence-corrected chi connectivity index (χ4v) is 5.69. The molecule has 4 aromatic rings. The Hall–Kier alpha value is -4.52. The Morgan fingerprint density at radius 1 is 1.07 bits per heavy atom. The van der Waals surface area contributed by atoms with Crippen molar-refractivity contribution in [2.24, 2.45) is 5.41 Å². The van der Waals surface area contributed by atoms with E-state index in [0.29, 0.717) is 16.7 Å². The van der Waals surface area contributed by atoms with Gasteiger partial charge in [0.2, 0.25) is 5.92 Å².